The number of nitro groups is 1. The van der Waals surface area contributed by atoms with Crippen LogP contribution in [-0.4, -0.2) is 17.4 Å². The number of para-hydroxylation sites is 1. The zero-order valence-corrected chi connectivity index (χ0v) is 12.0. The second-order valence-electron chi connectivity index (χ2n) is 4.72. The predicted octanol–water partition coefficient (Wildman–Crippen LogP) is 3.09. The molecule has 1 aliphatic rings. The van der Waals surface area contributed by atoms with Gasteiger partial charge in [-0.25, -0.2) is 0 Å². The Kier molecular flexibility index (Phi) is 3.72. The van der Waals surface area contributed by atoms with Crippen molar-refractivity contribution in [2.45, 2.75) is 12.5 Å². The summed E-state index contributed by atoms with van der Waals surface area (Å²) < 4.78 is 10.4. The second kappa shape index (κ2) is 5.69. The van der Waals surface area contributed by atoms with E-state index in [1.54, 1.807) is 12.1 Å². The zero-order valence-electron chi connectivity index (χ0n) is 11.2. The SMILES string of the molecule is O=C(NC1CCOc2c(Cl)cccc21)c1ccc([N+](=O)[O-])o1. The molecule has 114 valence electrons. The maximum absolute atomic E-state index is 12.1. The number of nitrogens with zero attached hydrogens (tertiary/aromatic N) is 1. The van der Waals surface area contributed by atoms with Crippen LogP contribution in [0.1, 0.15) is 28.6 Å². The van der Waals surface area contributed by atoms with Crippen molar-refractivity contribution in [3.63, 3.8) is 0 Å². The number of ether oxygens (including phenoxy) is 1. The number of nitrogens with one attached hydrogen (secondary N) is 1. The fourth-order valence-electron chi connectivity index (χ4n) is 2.31. The van der Waals surface area contributed by atoms with Crippen LogP contribution in [0.2, 0.25) is 5.02 Å². The van der Waals surface area contributed by atoms with E-state index < -0.39 is 16.7 Å². The molecule has 0 saturated heterocycles. The van der Waals surface area contributed by atoms with Gasteiger partial charge in [-0.15, -0.1) is 0 Å². The third kappa shape index (κ3) is 2.62. The molecule has 0 bridgehead atoms. The lowest BCUT2D eigenvalue weighted by molar-refractivity contribution is -0.402. The van der Waals surface area contributed by atoms with Crippen molar-refractivity contribution < 1.29 is 18.9 Å². The molecule has 2 heterocycles. The highest BCUT2D eigenvalue weighted by atomic mass is 35.5. The molecule has 0 saturated carbocycles. The van der Waals surface area contributed by atoms with Crippen molar-refractivity contribution in [3.05, 3.63) is 56.8 Å². The third-order valence-corrected chi connectivity index (χ3v) is 3.62. The maximum Gasteiger partial charge on any atom is 0.433 e. The highest BCUT2D eigenvalue weighted by Crippen LogP contribution is 2.37. The van der Waals surface area contributed by atoms with Gasteiger partial charge in [0.1, 0.15) is 10.7 Å². The van der Waals surface area contributed by atoms with Crippen molar-refractivity contribution >= 4 is 23.4 Å². The molecule has 1 aromatic heterocycles. The Morgan fingerprint density at radius 1 is 1.36 bits per heavy atom. The van der Waals surface area contributed by atoms with Crippen LogP contribution >= 0.6 is 11.6 Å². The molecule has 1 unspecified atom stereocenters. The number of carbonyl (C=O) groups excluding carboxylic acids is 1. The van der Waals surface area contributed by atoms with Crippen molar-refractivity contribution in [2.75, 3.05) is 6.61 Å². The van der Waals surface area contributed by atoms with Gasteiger partial charge in [0.2, 0.25) is 0 Å². The Morgan fingerprint density at radius 2 is 2.18 bits per heavy atom. The number of furan rings is 1. The molecule has 8 heteroatoms. The third-order valence-electron chi connectivity index (χ3n) is 3.33. The Hall–Kier alpha value is -2.54. The second-order valence-corrected chi connectivity index (χ2v) is 5.12. The summed E-state index contributed by atoms with van der Waals surface area (Å²) in [6, 6.07) is 7.41. The first kappa shape index (κ1) is 14.4. The van der Waals surface area contributed by atoms with Gasteiger partial charge in [0, 0.05) is 12.0 Å². The minimum atomic E-state index is -0.694. The fraction of sp³-hybridized carbons (Fsp3) is 0.214. The van der Waals surface area contributed by atoms with E-state index in [-0.39, 0.29) is 11.8 Å². The first-order valence-electron chi connectivity index (χ1n) is 6.52. The number of amides is 1. The van der Waals surface area contributed by atoms with E-state index in [1.807, 2.05) is 6.07 Å². The summed E-state index contributed by atoms with van der Waals surface area (Å²) in [6.07, 6.45) is 0.571. The average molecular weight is 323 g/mol. The molecule has 22 heavy (non-hydrogen) atoms. The summed E-state index contributed by atoms with van der Waals surface area (Å²) in [7, 11) is 0. The molecular formula is C14H11ClN2O5. The molecule has 1 N–H and O–H groups in total. The first-order chi connectivity index (χ1) is 10.6. The number of hydrogen-bond acceptors (Lipinski definition) is 5. The predicted molar refractivity (Wildman–Crippen MR) is 77.1 cm³/mol. The van der Waals surface area contributed by atoms with E-state index in [9.17, 15) is 14.9 Å². The number of hydrogen-bond donors (Lipinski definition) is 1. The molecule has 0 spiro atoms. The first-order valence-corrected chi connectivity index (χ1v) is 6.90. The van der Waals surface area contributed by atoms with Crippen LogP contribution in [0, 0.1) is 10.1 Å². The van der Waals surface area contributed by atoms with Gasteiger partial charge < -0.3 is 14.5 Å². The number of rotatable bonds is 3. The summed E-state index contributed by atoms with van der Waals surface area (Å²) in [5.74, 6) is -0.556. The Labute approximate surface area is 130 Å². The van der Waals surface area contributed by atoms with Gasteiger partial charge >= 0.3 is 5.88 Å². The lowest BCUT2D eigenvalue weighted by Crippen LogP contribution is -2.32. The van der Waals surface area contributed by atoms with E-state index in [4.69, 9.17) is 20.8 Å². The van der Waals surface area contributed by atoms with Gasteiger partial charge in [-0.1, -0.05) is 23.7 Å². The molecular weight excluding hydrogens is 312 g/mol. The van der Waals surface area contributed by atoms with Crippen LogP contribution in [0.4, 0.5) is 5.88 Å². The monoisotopic (exact) mass is 322 g/mol. The molecule has 1 aromatic carbocycles. The molecule has 0 radical (unpaired) electrons. The van der Waals surface area contributed by atoms with Crippen LogP contribution in [0.15, 0.2) is 34.7 Å². The topological polar surface area (TPSA) is 94.6 Å². The molecule has 0 fully saturated rings. The number of carbonyl (C=O) groups is 1. The summed E-state index contributed by atoms with van der Waals surface area (Å²) >= 11 is 6.07. The quantitative estimate of drug-likeness (QED) is 0.692. The maximum atomic E-state index is 12.1. The van der Waals surface area contributed by atoms with Crippen molar-refractivity contribution in [3.8, 4) is 5.75 Å². The van der Waals surface area contributed by atoms with Crippen LogP contribution in [0.3, 0.4) is 0 Å². The van der Waals surface area contributed by atoms with Gasteiger partial charge in [0.05, 0.1) is 23.7 Å². The minimum absolute atomic E-state index is 0.109. The molecule has 3 rings (SSSR count). The lowest BCUT2D eigenvalue weighted by atomic mass is 10.0. The van der Waals surface area contributed by atoms with Gasteiger partial charge in [0.25, 0.3) is 5.91 Å². The van der Waals surface area contributed by atoms with E-state index in [0.717, 1.165) is 11.6 Å². The summed E-state index contributed by atoms with van der Waals surface area (Å²) in [5, 5.41) is 13.8. The van der Waals surface area contributed by atoms with E-state index >= 15 is 0 Å². The molecule has 7 nitrogen and oxygen atoms in total. The lowest BCUT2D eigenvalue weighted by Gasteiger charge is -2.27. The number of halogens is 1. The standard InChI is InChI=1S/C14H11ClN2O5/c15-9-3-1-2-8-10(6-7-21-13(8)9)16-14(18)11-4-5-12(22-11)17(19)20/h1-5,10H,6-7H2,(H,16,18). The number of benzene rings is 1. The Bertz CT molecular complexity index is 743. The molecule has 2 aromatic rings. The highest BCUT2D eigenvalue weighted by Gasteiger charge is 2.26. The molecule has 1 atom stereocenters. The molecule has 0 aliphatic carbocycles. The van der Waals surface area contributed by atoms with Gasteiger partial charge in [-0.3, -0.25) is 14.9 Å². The van der Waals surface area contributed by atoms with Crippen LogP contribution < -0.4 is 10.1 Å². The van der Waals surface area contributed by atoms with Crippen LogP contribution in [0.5, 0.6) is 5.75 Å². The summed E-state index contributed by atoms with van der Waals surface area (Å²) in [5.41, 5.74) is 0.771. The van der Waals surface area contributed by atoms with Gasteiger partial charge in [-0.2, -0.15) is 0 Å². The Morgan fingerprint density at radius 3 is 2.91 bits per heavy atom. The summed E-state index contributed by atoms with van der Waals surface area (Å²) in [4.78, 5) is 22.0. The molecule has 1 aliphatic heterocycles. The van der Waals surface area contributed by atoms with Crippen LogP contribution in [-0.2, 0) is 0 Å². The fourth-order valence-corrected chi connectivity index (χ4v) is 2.55. The van der Waals surface area contributed by atoms with Crippen molar-refractivity contribution in [1.29, 1.82) is 0 Å². The van der Waals surface area contributed by atoms with Gasteiger partial charge in [0.15, 0.2) is 5.76 Å². The van der Waals surface area contributed by atoms with Crippen LogP contribution in [0.25, 0.3) is 0 Å². The zero-order chi connectivity index (χ0) is 15.7. The highest BCUT2D eigenvalue weighted by molar-refractivity contribution is 6.32. The van der Waals surface area contributed by atoms with Gasteiger partial charge in [-0.05, 0) is 12.1 Å². The van der Waals surface area contributed by atoms with E-state index in [0.29, 0.717) is 23.8 Å². The Balaban J connectivity index is 1.80. The van der Waals surface area contributed by atoms with Crippen molar-refractivity contribution in [1.82, 2.24) is 5.32 Å². The largest absolute Gasteiger partial charge is 0.492 e. The van der Waals surface area contributed by atoms with E-state index in [1.165, 1.54) is 6.07 Å². The van der Waals surface area contributed by atoms with Crippen molar-refractivity contribution in [2.24, 2.45) is 0 Å². The molecule has 1 amide bonds. The number of fused-ring (bicyclic) bond motifs is 1. The normalized spacial score (nSPS) is 16.5. The van der Waals surface area contributed by atoms with E-state index in [2.05, 4.69) is 5.32 Å². The summed E-state index contributed by atoms with van der Waals surface area (Å²) in [6.45, 7) is 0.417. The smallest absolute Gasteiger partial charge is 0.433 e. The minimum Gasteiger partial charge on any atom is -0.492 e. The average Bonchev–Trinajstić information content (AvgIpc) is 2.98.